The number of anilines is 1. The van der Waals surface area contributed by atoms with Crippen molar-refractivity contribution in [3.8, 4) is 0 Å². The van der Waals surface area contributed by atoms with Crippen LogP contribution in [0.4, 0.5) is 5.13 Å². The van der Waals surface area contributed by atoms with Crippen LogP contribution in [-0.4, -0.2) is 22.0 Å². The minimum Gasteiger partial charge on any atom is -0.329 e. The van der Waals surface area contributed by atoms with Gasteiger partial charge >= 0.3 is 0 Å². The predicted molar refractivity (Wildman–Crippen MR) is 96.1 cm³/mol. The zero-order chi connectivity index (χ0) is 16.6. The molecular formula is C16H17Cl2N3OS. The van der Waals surface area contributed by atoms with Crippen molar-refractivity contribution in [3.63, 3.8) is 0 Å². The number of nitrogens with zero attached hydrogens (tertiary/aromatic N) is 3. The predicted octanol–water partition coefficient (Wildman–Crippen LogP) is 4.50. The van der Waals surface area contributed by atoms with E-state index in [1.807, 2.05) is 0 Å². The van der Waals surface area contributed by atoms with E-state index in [1.165, 1.54) is 11.3 Å². The molecule has 0 atom stereocenters. The van der Waals surface area contributed by atoms with Gasteiger partial charge in [0.25, 0.3) is 5.91 Å². The smallest absolute Gasteiger partial charge is 0.277 e. The second kappa shape index (κ2) is 6.67. The zero-order valence-electron chi connectivity index (χ0n) is 12.8. The third-order valence-electron chi connectivity index (χ3n) is 3.96. The number of halogens is 2. The molecule has 23 heavy (non-hydrogen) atoms. The molecule has 0 aliphatic heterocycles. The van der Waals surface area contributed by atoms with Crippen LogP contribution in [0.2, 0.25) is 10.2 Å². The molecule has 0 bridgehead atoms. The van der Waals surface area contributed by atoms with Crippen molar-refractivity contribution in [2.24, 2.45) is 7.05 Å². The molecule has 0 spiro atoms. The molecule has 1 aliphatic carbocycles. The van der Waals surface area contributed by atoms with Crippen LogP contribution >= 0.6 is 34.5 Å². The van der Waals surface area contributed by atoms with Crippen LogP contribution in [0, 0.1) is 0 Å². The lowest BCUT2D eigenvalue weighted by Crippen LogP contribution is -2.32. The van der Waals surface area contributed by atoms with Gasteiger partial charge in [0.05, 0.1) is 10.7 Å². The highest BCUT2D eigenvalue weighted by Crippen LogP contribution is 2.33. The Morgan fingerprint density at radius 1 is 1.48 bits per heavy atom. The maximum atomic E-state index is 12.9. The SMILES string of the molecule is C=CCN(C(=O)c1cc(Cl)c(Cl)n1C)c1nc2c(s1)CCCC2. The summed E-state index contributed by atoms with van der Waals surface area (Å²) in [7, 11) is 1.72. The van der Waals surface area contributed by atoms with Gasteiger partial charge < -0.3 is 4.57 Å². The number of fused-ring (bicyclic) bond motifs is 1. The van der Waals surface area contributed by atoms with Gasteiger partial charge in [-0.25, -0.2) is 4.98 Å². The van der Waals surface area contributed by atoms with E-state index in [0.717, 1.165) is 30.1 Å². The fourth-order valence-corrected chi connectivity index (χ4v) is 4.25. The van der Waals surface area contributed by atoms with E-state index < -0.39 is 0 Å². The van der Waals surface area contributed by atoms with Crippen LogP contribution in [0.25, 0.3) is 0 Å². The third-order valence-corrected chi connectivity index (χ3v) is 5.98. The normalized spacial score (nSPS) is 13.7. The number of amides is 1. The van der Waals surface area contributed by atoms with Crippen LogP contribution in [0.15, 0.2) is 18.7 Å². The Morgan fingerprint density at radius 3 is 2.83 bits per heavy atom. The van der Waals surface area contributed by atoms with Crippen molar-refractivity contribution in [2.45, 2.75) is 25.7 Å². The molecule has 3 rings (SSSR count). The molecule has 2 heterocycles. The van der Waals surface area contributed by atoms with Gasteiger partial charge in [-0.15, -0.1) is 17.9 Å². The number of aryl methyl sites for hydroxylation is 2. The minimum absolute atomic E-state index is 0.174. The molecule has 2 aromatic heterocycles. The average molecular weight is 370 g/mol. The van der Waals surface area contributed by atoms with Crippen molar-refractivity contribution in [1.29, 1.82) is 0 Å². The lowest BCUT2D eigenvalue weighted by molar-refractivity contribution is 0.0982. The van der Waals surface area contributed by atoms with Gasteiger partial charge in [0.1, 0.15) is 10.8 Å². The number of carbonyl (C=O) groups excluding carboxylic acids is 1. The minimum atomic E-state index is -0.174. The highest BCUT2D eigenvalue weighted by molar-refractivity contribution is 7.16. The monoisotopic (exact) mass is 369 g/mol. The van der Waals surface area contributed by atoms with E-state index in [4.69, 9.17) is 23.2 Å². The van der Waals surface area contributed by atoms with Gasteiger partial charge in [0.2, 0.25) is 0 Å². The first-order valence-electron chi connectivity index (χ1n) is 7.45. The van der Waals surface area contributed by atoms with Crippen molar-refractivity contribution < 1.29 is 4.79 Å². The second-order valence-corrected chi connectivity index (χ2v) is 7.33. The topological polar surface area (TPSA) is 38.1 Å². The van der Waals surface area contributed by atoms with Crippen molar-refractivity contribution >= 4 is 45.6 Å². The molecule has 0 fully saturated rings. The Kier molecular flexibility index (Phi) is 4.80. The molecule has 0 saturated carbocycles. The van der Waals surface area contributed by atoms with Crippen LogP contribution in [0.1, 0.15) is 33.9 Å². The molecule has 7 heteroatoms. The molecule has 0 radical (unpaired) electrons. The van der Waals surface area contributed by atoms with Gasteiger partial charge in [-0.2, -0.15) is 0 Å². The molecule has 0 unspecified atom stereocenters. The first kappa shape index (κ1) is 16.6. The number of thiazole rings is 1. The lowest BCUT2D eigenvalue weighted by atomic mass is 10.0. The quantitative estimate of drug-likeness (QED) is 0.744. The first-order valence-corrected chi connectivity index (χ1v) is 9.02. The summed E-state index contributed by atoms with van der Waals surface area (Å²) in [6, 6.07) is 1.59. The number of hydrogen-bond donors (Lipinski definition) is 0. The van der Waals surface area contributed by atoms with E-state index in [1.54, 1.807) is 40.0 Å². The Balaban J connectivity index is 1.97. The Labute approximate surface area is 149 Å². The standard InChI is InChI=1S/C16H17Cl2N3OS/c1-3-8-21(15(22)12-9-10(17)14(18)20(12)2)16-19-11-6-4-5-7-13(11)23-16/h3,9H,1,4-8H2,2H3. The van der Waals surface area contributed by atoms with Crippen LogP contribution in [0.5, 0.6) is 0 Å². The molecule has 0 saturated heterocycles. The van der Waals surface area contributed by atoms with Crippen molar-refractivity contribution in [3.05, 3.63) is 45.2 Å². The Morgan fingerprint density at radius 2 is 2.22 bits per heavy atom. The maximum Gasteiger partial charge on any atom is 0.277 e. The highest BCUT2D eigenvalue weighted by atomic mass is 35.5. The molecular weight excluding hydrogens is 353 g/mol. The van der Waals surface area contributed by atoms with Gasteiger partial charge in [-0.1, -0.05) is 29.3 Å². The van der Waals surface area contributed by atoms with Gasteiger partial charge in [0.15, 0.2) is 5.13 Å². The van der Waals surface area contributed by atoms with E-state index >= 15 is 0 Å². The molecule has 0 N–H and O–H groups in total. The molecule has 1 amide bonds. The zero-order valence-corrected chi connectivity index (χ0v) is 15.1. The average Bonchev–Trinajstić information content (AvgIpc) is 3.08. The second-order valence-electron chi connectivity index (χ2n) is 5.51. The van der Waals surface area contributed by atoms with E-state index in [2.05, 4.69) is 11.6 Å². The van der Waals surface area contributed by atoms with Gasteiger partial charge in [0, 0.05) is 18.5 Å². The summed E-state index contributed by atoms with van der Waals surface area (Å²) >= 11 is 13.7. The summed E-state index contributed by atoms with van der Waals surface area (Å²) in [4.78, 5) is 20.5. The number of rotatable bonds is 4. The number of hydrogen-bond acceptors (Lipinski definition) is 3. The summed E-state index contributed by atoms with van der Waals surface area (Å²) in [6.07, 6.45) is 6.08. The molecule has 0 aromatic carbocycles. The summed E-state index contributed by atoms with van der Waals surface area (Å²) in [5, 5.41) is 1.44. The fourth-order valence-electron chi connectivity index (χ4n) is 2.72. The lowest BCUT2D eigenvalue weighted by Gasteiger charge is -2.18. The molecule has 1 aliphatic rings. The molecule has 2 aromatic rings. The van der Waals surface area contributed by atoms with Crippen LogP contribution in [-0.2, 0) is 19.9 Å². The Bertz CT molecular complexity index is 742. The summed E-state index contributed by atoms with van der Waals surface area (Å²) in [5.74, 6) is -0.174. The largest absolute Gasteiger partial charge is 0.329 e. The summed E-state index contributed by atoms with van der Waals surface area (Å²) in [5.41, 5.74) is 1.57. The van der Waals surface area contributed by atoms with E-state index in [-0.39, 0.29) is 5.91 Å². The van der Waals surface area contributed by atoms with E-state index in [0.29, 0.717) is 22.4 Å². The fraction of sp³-hybridized carbons (Fsp3) is 0.375. The van der Waals surface area contributed by atoms with E-state index in [9.17, 15) is 4.79 Å². The van der Waals surface area contributed by atoms with Crippen molar-refractivity contribution in [1.82, 2.24) is 9.55 Å². The van der Waals surface area contributed by atoms with Gasteiger partial charge in [-0.3, -0.25) is 9.69 Å². The third kappa shape index (κ3) is 3.05. The van der Waals surface area contributed by atoms with Crippen molar-refractivity contribution in [2.75, 3.05) is 11.4 Å². The maximum absolute atomic E-state index is 12.9. The van der Waals surface area contributed by atoms with Crippen LogP contribution in [0.3, 0.4) is 0 Å². The van der Waals surface area contributed by atoms with Gasteiger partial charge in [-0.05, 0) is 31.7 Å². The molecule has 122 valence electrons. The summed E-state index contributed by atoms with van der Waals surface area (Å²) < 4.78 is 1.59. The first-order chi connectivity index (χ1) is 11.0. The highest BCUT2D eigenvalue weighted by Gasteiger charge is 2.26. The number of aromatic nitrogens is 2. The Hall–Kier alpha value is -1.30. The summed E-state index contributed by atoms with van der Waals surface area (Å²) in [6.45, 7) is 4.15. The van der Waals surface area contributed by atoms with Crippen LogP contribution < -0.4 is 4.90 Å². The number of carbonyl (C=O) groups is 1. The molecule has 4 nitrogen and oxygen atoms in total.